The van der Waals surface area contributed by atoms with Crippen LogP contribution in [0, 0.1) is 0 Å². The summed E-state index contributed by atoms with van der Waals surface area (Å²) in [5.41, 5.74) is 1.33. The SMILES string of the molecule is CS(=O)(=O)N1CCC[C@H]1C(=O)Nc1cnc(-c2ccccc2)nc1. The Labute approximate surface area is 140 Å². The Morgan fingerprint density at radius 3 is 2.50 bits per heavy atom. The second-order valence-corrected chi connectivity index (χ2v) is 7.62. The fourth-order valence-corrected chi connectivity index (χ4v) is 3.88. The second kappa shape index (κ2) is 6.66. The molecule has 1 aromatic heterocycles. The van der Waals surface area contributed by atoms with Gasteiger partial charge in [-0.25, -0.2) is 18.4 Å². The van der Waals surface area contributed by atoms with E-state index in [4.69, 9.17) is 0 Å². The average Bonchev–Trinajstić information content (AvgIpc) is 3.06. The molecule has 1 amide bonds. The number of rotatable bonds is 4. The van der Waals surface area contributed by atoms with Gasteiger partial charge in [0.1, 0.15) is 6.04 Å². The molecule has 1 aromatic carbocycles. The van der Waals surface area contributed by atoms with Gasteiger partial charge in [0.2, 0.25) is 15.9 Å². The molecule has 8 heteroatoms. The Morgan fingerprint density at radius 1 is 1.21 bits per heavy atom. The highest BCUT2D eigenvalue weighted by atomic mass is 32.2. The van der Waals surface area contributed by atoms with Crippen LogP contribution in [-0.4, -0.2) is 47.4 Å². The van der Waals surface area contributed by atoms with E-state index in [9.17, 15) is 13.2 Å². The van der Waals surface area contributed by atoms with E-state index in [-0.39, 0.29) is 5.91 Å². The smallest absolute Gasteiger partial charge is 0.242 e. The molecular weight excluding hydrogens is 328 g/mol. The number of nitrogens with one attached hydrogen (secondary N) is 1. The molecule has 0 saturated carbocycles. The molecule has 3 rings (SSSR count). The number of nitrogens with zero attached hydrogens (tertiary/aromatic N) is 3. The van der Waals surface area contributed by atoms with E-state index in [1.54, 1.807) is 0 Å². The van der Waals surface area contributed by atoms with E-state index in [2.05, 4.69) is 15.3 Å². The van der Waals surface area contributed by atoms with Crippen LogP contribution in [0.5, 0.6) is 0 Å². The molecule has 1 aliphatic heterocycles. The monoisotopic (exact) mass is 346 g/mol. The zero-order chi connectivity index (χ0) is 17.2. The van der Waals surface area contributed by atoms with E-state index in [1.807, 2.05) is 30.3 Å². The lowest BCUT2D eigenvalue weighted by Gasteiger charge is -2.21. The molecule has 1 saturated heterocycles. The zero-order valence-corrected chi connectivity index (χ0v) is 14.0. The number of aromatic nitrogens is 2. The van der Waals surface area contributed by atoms with Crippen molar-refractivity contribution in [1.29, 1.82) is 0 Å². The minimum Gasteiger partial charge on any atom is -0.322 e. The van der Waals surface area contributed by atoms with Crippen LogP contribution in [0.2, 0.25) is 0 Å². The summed E-state index contributed by atoms with van der Waals surface area (Å²) < 4.78 is 24.7. The molecule has 24 heavy (non-hydrogen) atoms. The van der Waals surface area contributed by atoms with Gasteiger partial charge in [0.25, 0.3) is 0 Å². The first-order valence-corrected chi connectivity index (χ1v) is 9.45. The summed E-state index contributed by atoms with van der Waals surface area (Å²) in [6.07, 6.45) is 5.35. The highest BCUT2D eigenvalue weighted by Gasteiger charge is 2.36. The number of benzene rings is 1. The van der Waals surface area contributed by atoms with Gasteiger partial charge in [-0.15, -0.1) is 0 Å². The normalized spacial score (nSPS) is 18.5. The molecule has 126 valence electrons. The van der Waals surface area contributed by atoms with E-state index < -0.39 is 16.1 Å². The molecule has 0 spiro atoms. The molecular formula is C16H18N4O3S. The molecule has 0 unspecified atom stereocenters. The Bertz CT molecular complexity index is 822. The quantitative estimate of drug-likeness (QED) is 0.906. The van der Waals surface area contributed by atoms with Crippen molar-refractivity contribution >= 4 is 21.6 Å². The van der Waals surface area contributed by atoms with E-state index >= 15 is 0 Å². The molecule has 1 aliphatic rings. The van der Waals surface area contributed by atoms with Crippen molar-refractivity contribution in [2.75, 3.05) is 18.1 Å². The number of carbonyl (C=O) groups is 1. The van der Waals surface area contributed by atoms with Gasteiger partial charge in [-0.3, -0.25) is 4.79 Å². The molecule has 2 aromatic rings. The number of carbonyl (C=O) groups excluding carboxylic acids is 1. The van der Waals surface area contributed by atoms with Crippen molar-refractivity contribution < 1.29 is 13.2 Å². The maximum Gasteiger partial charge on any atom is 0.242 e. The van der Waals surface area contributed by atoms with Gasteiger partial charge in [-0.05, 0) is 12.8 Å². The summed E-state index contributed by atoms with van der Waals surface area (Å²) in [7, 11) is -3.39. The van der Waals surface area contributed by atoms with Crippen molar-refractivity contribution in [3.8, 4) is 11.4 Å². The lowest BCUT2D eigenvalue weighted by molar-refractivity contribution is -0.119. The first-order chi connectivity index (χ1) is 11.4. The maximum atomic E-state index is 12.4. The standard InChI is InChI=1S/C16H18N4O3S/c1-24(22,23)20-9-5-8-14(20)16(21)19-13-10-17-15(18-11-13)12-6-3-2-4-7-12/h2-4,6-7,10-11,14H,5,8-9H2,1H3,(H,19,21)/t14-/m0/s1. The van der Waals surface area contributed by atoms with Gasteiger partial charge >= 0.3 is 0 Å². The van der Waals surface area contributed by atoms with Crippen molar-refractivity contribution in [3.05, 3.63) is 42.7 Å². The van der Waals surface area contributed by atoms with Crippen molar-refractivity contribution in [3.63, 3.8) is 0 Å². The molecule has 7 nitrogen and oxygen atoms in total. The van der Waals surface area contributed by atoms with Crippen molar-refractivity contribution in [2.45, 2.75) is 18.9 Å². The predicted octanol–water partition coefficient (Wildman–Crippen LogP) is 1.51. The predicted molar refractivity (Wildman–Crippen MR) is 90.7 cm³/mol. The maximum absolute atomic E-state index is 12.4. The van der Waals surface area contributed by atoms with Crippen LogP contribution < -0.4 is 5.32 Å². The molecule has 1 fully saturated rings. The van der Waals surface area contributed by atoms with Gasteiger partial charge in [-0.2, -0.15) is 4.31 Å². The van der Waals surface area contributed by atoms with E-state index in [0.717, 1.165) is 11.8 Å². The Hall–Kier alpha value is -2.32. The fourth-order valence-electron chi connectivity index (χ4n) is 2.75. The second-order valence-electron chi connectivity index (χ2n) is 5.68. The number of hydrogen-bond donors (Lipinski definition) is 1. The van der Waals surface area contributed by atoms with E-state index in [1.165, 1.54) is 16.7 Å². The largest absolute Gasteiger partial charge is 0.322 e. The highest BCUT2D eigenvalue weighted by molar-refractivity contribution is 7.88. The number of sulfonamides is 1. The van der Waals surface area contributed by atoms with E-state index in [0.29, 0.717) is 30.9 Å². The molecule has 0 radical (unpaired) electrons. The first-order valence-electron chi connectivity index (χ1n) is 7.60. The molecule has 0 aliphatic carbocycles. The van der Waals surface area contributed by atoms with Crippen LogP contribution in [0.4, 0.5) is 5.69 Å². The lowest BCUT2D eigenvalue weighted by atomic mass is 10.2. The van der Waals surface area contributed by atoms with Crippen LogP contribution in [0.3, 0.4) is 0 Å². The molecule has 1 atom stereocenters. The van der Waals surface area contributed by atoms with Gasteiger partial charge in [0, 0.05) is 12.1 Å². The Morgan fingerprint density at radius 2 is 1.88 bits per heavy atom. The minimum absolute atomic E-state index is 0.353. The minimum atomic E-state index is -3.39. The lowest BCUT2D eigenvalue weighted by Crippen LogP contribution is -2.42. The number of hydrogen-bond acceptors (Lipinski definition) is 5. The number of anilines is 1. The third kappa shape index (κ3) is 3.60. The third-order valence-corrected chi connectivity index (χ3v) is 5.17. The van der Waals surface area contributed by atoms with Crippen LogP contribution in [0.25, 0.3) is 11.4 Å². The topological polar surface area (TPSA) is 92.3 Å². The summed E-state index contributed by atoms with van der Waals surface area (Å²) in [6, 6.07) is 8.83. The molecule has 0 bridgehead atoms. The van der Waals surface area contributed by atoms with Crippen molar-refractivity contribution in [2.24, 2.45) is 0 Å². The Kier molecular flexibility index (Phi) is 4.59. The third-order valence-electron chi connectivity index (χ3n) is 3.88. The Balaban J connectivity index is 1.71. The van der Waals surface area contributed by atoms with Crippen LogP contribution in [0.1, 0.15) is 12.8 Å². The summed E-state index contributed by atoms with van der Waals surface area (Å²) >= 11 is 0. The van der Waals surface area contributed by atoms with Crippen LogP contribution >= 0.6 is 0 Å². The highest BCUT2D eigenvalue weighted by Crippen LogP contribution is 2.22. The van der Waals surface area contributed by atoms with Gasteiger partial charge in [-0.1, -0.05) is 30.3 Å². The molecule has 1 N–H and O–H groups in total. The first kappa shape index (κ1) is 16.5. The van der Waals surface area contributed by atoms with Gasteiger partial charge in [0.15, 0.2) is 5.82 Å². The average molecular weight is 346 g/mol. The van der Waals surface area contributed by atoms with Gasteiger partial charge in [0.05, 0.1) is 24.3 Å². The van der Waals surface area contributed by atoms with Gasteiger partial charge < -0.3 is 5.32 Å². The summed E-state index contributed by atoms with van der Waals surface area (Å²) in [5.74, 6) is 0.209. The summed E-state index contributed by atoms with van der Waals surface area (Å²) in [4.78, 5) is 20.8. The van der Waals surface area contributed by atoms with Crippen LogP contribution in [-0.2, 0) is 14.8 Å². The molecule has 2 heterocycles. The summed E-state index contributed by atoms with van der Waals surface area (Å²) in [5, 5.41) is 2.69. The zero-order valence-electron chi connectivity index (χ0n) is 13.2. The fraction of sp³-hybridized carbons (Fsp3) is 0.312. The number of amides is 1. The van der Waals surface area contributed by atoms with Crippen molar-refractivity contribution in [1.82, 2.24) is 14.3 Å². The van der Waals surface area contributed by atoms with Crippen LogP contribution in [0.15, 0.2) is 42.7 Å². The summed E-state index contributed by atoms with van der Waals surface area (Å²) in [6.45, 7) is 0.375.